The molecule has 1 N–H and O–H groups in total. The summed E-state index contributed by atoms with van der Waals surface area (Å²) in [6.07, 6.45) is 3.11. The number of likely N-dealkylation sites (tertiary alicyclic amines) is 1. The Morgan fingerprint density at radius 1 is 1.43 bits per heavy atom. The van der Waals surface area contributed by atoms with E-state index in [0.717, 1.165) is 18.8 Å². The molecule has 112 valence electrons. The highest BCUT2D eigenvalue weighted by Crippen LogP contribution is 2.36. The Balaban J connectivity index is 1.84. The number of rotatable bonds is 4. The van der Waals surface area contributed by atoms with E-state index in [1.54, 1.807) is 17.6 Å². The van der Waals surface area contributed by atoms with Crippen molar-refractivity contribution >= 4 is 17.3 Å². The zero-order valence-electron chi connectivity index (χ0n) is 12.0. The van der Waals surface area contributed by atoms with Crippen LogP contribution < -0.4 is 0 Å². The molecule has 1 aliphatic rings. The van der Waals surface area contributed by atoms with Gasteiger partial charge in [-0.3, -0.25) is 9.69 Å². The van der Waals surface area contributed by atoms with E-state index in [4.69, 9.17) is 9.52 Å². The van der Waals surface area contributed by atoms with Crippen molar-refractivity contribution in [3.05, 3.63) is 46.0 Å². The van der Waals surface area contributed by atoms with E-state index in [1.807, 2.05) is 12.1 Å². The van der Waals surface area contributed by atoms with E-state index in [-0.39, 0.29) is 12.0 Å². The molecule has 1 atom stereocenters. The molecule has 21 heavy (non-hydrogen) atoms. The maximum atomic E-state index is 11.1. The molecule has 0 saturated carbocycles. The molecule has 1 unspecified atom stereocenters. The molecule has 0 bridgehead atoms. The molecule has 4 nitrogen and oxygen atoms in total. The van der Waals surface area contributed by atoms with Crippen LogP contribution in [0.25, 0.3) is 0 Å². The van der Waals surface area contributed by atoms with Gasteiger partial charge in [0.15, 0.2) is 0 Å². The highest BCUT2D eigenvalue weighted by molar-refractivity contribution is 7.10. The Hall–Kier alpha value is -1.59. The maximum Gasteiger partial charge on any atom is 0.306 e. The Morgan fingerprint density at radius 3 is 2.71 bits per heavy atom. The first kappa shape index (κ1) is 14.4. The summed E-state index contributed by atoms with van der Waals surface area (Å²) < 4.78 is 5.65. The van der Waals surface area contributed by atoms with Gasteiger partial charge >= 0.3 is 5.97 Å². The lowest BCUT2D eigenvalue weighted by Crippen LogP contribution is -2.39. The van der Waals surface area contributed by atoms with Gasteiger partial charge in [-0.25, -0.2) is 0 Å². The van der Waals surface area contributed by atoms with Crippen LogP contribution in [0.4, 0.5) is 0 Å². The van der Waals surface area contributed by atoms with Crippen LogP contribution in [-0.2, 0) is 4.79 Å². The molecule has 1 fully saturated rings. The zero-order valence-corrected chi connectivity index (χ0v) is 12.8. The summed E-state index contributed by atoms with van der Waals surface area (Å²) in [5, 5.41) is 11.2. The quantitative estimate of drug-likeness (QED) is 0.939. The number of furan rings is 1. The molecule has 0 radical (unpaired) electrons. The number of carboxylic acids is 1. The summed E-state index contributed by atoms with van der Waals surface area (Å²) in [6, 6.07) is 6.15. The van der Waals surface area contributed by atoms with Crippen molar-refractivity contribution in [2.24, 2.45) is 5.92 Å². The molecule has 5 heteroatoms. The molecule has 2 aromatic heterocycles. The standard InChI is InChI=1S/C16H19NO3S/c1-11-6-10-21-15(11)14(13-3-2-9-20-13)17-7-4-12(5-8-17)16(18)19/h2-3,6,9-10,12,14H,4-5,7-8H2,1H3,(H,18,19). The monoisotopic (exact) mass is 305 g/mol. The topological polar surface area (TPSA) is 53.7 Å². The normalized spacial score (nSPS) is 18.7. The molecule has 1 saturated heterocycles. The van der Waals surface area contributed by atoms with Crippen molar-refractivity contribution in [3.63, 3.8) is 0 Å². The summed E-state index contributed by atoms with van der Waals surface area (Å²) in [5.41, 5.74) is 1.27. The van der Waals surface area contributed by atoms with Gasteiger partial charge < -0.3 is 9.52 Å². The molecule has 2 aromatic rings. The van der Waals surface area contributed by atoms with Crippen molar-refractivity contribution in [2.45, 2.75) is 25.8 Å². The van der Waals surface area contributed by atoms with Crippen LogP contribution in [0, 0.1) is 12.8 Å². The van der Waals surface area contributed by atoms with Gasteiger partial charge in [0.05, 0.1) is 12.2 Å². The fraction of sp³-hybridized carbons (Fsp3) is 0.438. The Labute approximate surface area is 128 Å². The fourth-order valence-electron chi connectivity index (χ4n) is 2.99. The van der Waals surface area contributed by atoms with E-state index in [2.05, 4.69) is 23.3 Å². The molecule has 3 heterocycles. The summed E-state index contributed by atoms with van der Waals surface area (Å²) in [5.74, 6) is 0.0637. The first-order valence-corrected chi connectivity index (χ1v) is 8.09. The van der Waals surface area contributed by atoms with Gasteiger partial charge in [0, 0.05) is 18.0 Å². The predicted molar refractivity (Wildman–Crippen MR) is 81.5 cm³/mol. The van der Waals surface area contributed by atoms with E-state index in [9.17, 15) is 4.79 Å². The Bertz CT molecular complexity index is 597. The SMILES string of the molecule is Cc1ccsc1C(c1ccco1)N1CCC(C(=O)O)CC1. The van der Waals surface area contributed by atoms with Gasteiger partial charge in [0.25, 0.3) is 0 Å². The molecular weight excluding hydrogens is 286 g/mol. The van der Waals surface area contributed by atoms with Gasteiger partial charge in [0.1, 0.15) is 11.8 Å². The number of thiophene rings is 1. The number of aliphatic carboxylic acids is 1. The molecule has 0 aliphatic carbocycles. The van der Waals surface area contributed by atoms with Crippen molar-refractivity contribution < 1.29 is 14.3 Å². The number of piperidine rings is 1. The third-order valence-electron chi connectivity index (χ3n) is 4.21. The van der Waals surface area contributed by atoms with Gasteiger partial charge in [-0.1, -0.05) is 0 Å². The van der Waals surface area contributed by atoms with Crippen molar-refractivity contribution in [1.82, 2.24) is 4.90 Å². The van der Waals surface area contributed by atoms with E-state index in [0.29, 0.717) is 12.8 Å². The average Bonchev–Trinajstić information content (AvgIpc) is 3.13. The second-order valence-electron chi connectivity index (χ2n) is 5.53. The highest BCUT2D eigenvalue weighted by atomic mass is 32.1. The minimum Gasteiger partial charge on any atom is -0.481 e. The van der Waals surface area contributed by atoms with E-state index >= 15 is 0 Å². The summed E-state index contributed by atoms with van der Waals surface area (Å²) in [4.78, 5) is 14.7. The Morgan fingerprint density at radius 2 is 2.19 bits per heavy atom. The number of carbonyl (C=O) groups is 1. The van der Waals surface area contributed by atoms with Gasteiger partial charge in [0.2, 0.25) is 0 Å². The molecule has 0 amide bonds. The average molecular weight is 305 g/mol. The van der Waals surface area contributed by atoms with Crippen LogP contribution >= 0.6 is 11.3 Å². The smallest absolute Gasteiger partial charge is 0.306 e. The Kier molecular flexibility index (Phi) is 4.12. The summed E-state index contributed by atoms with van der Waals surface area (Å²) >= 11 is 1.74. The van der Waals surface area contributed by atoms with Crippen LogP contribution in [0.3, 0.4) is 0 Å². The van der Waals surface area contributed by atoms with Gasteiger partial charge in [-0.2, -0.15) is 0 Å². The number of carboxylic acid groups (broad SMARTS) is 1. The minimum absolute atomic E-state index is 0.106. The lowest BCUT2D eigenvalue weighted by Gasteiger charge is -2.35. The van der Waals surface area contributed by atoms with Gasteiger partial charge in [-0.15, -0.1) is 11.3 Å². The van der Waals surface area contributed by atoms with Crippen LogP contribution in [0.15, 0.2) is 34.3 Å². The molecule has 0 spiro atoms. The molecular formula is C16H19NO3S. The molecule has 3 rings (SSSR count). The first-order chi connectivity index (χ1) is 10.2. The lowest BCUT2D eigenvalue weighted by atomic mass is 9.95. The highest BCUT2D eigenvalue weighted by Gasteiger charge is 2.32. The largest absolute Gasteiger partial charge is 0.481 e. The van der Waals surface area contributed by atoms with Gasteiger partial charge in [-0.05, 0) is 48.9 Å². The molecule has 0 aromatic carbocycles. The summed E-state index contributed by atoms with van der Waals surface area (Å²) in [6.45, 7) is 3.70. The van der Waals surface area contributed by atoms with E-state index < -0.39 is 5.97 Å². The molecule has 1 aliphatic heterocycles. The second kappa shape index (κ2) is 6.03. The lowest BCUT2D eigenvalue weighted by molar-refractivity contribution is -0.143. The van der Waals surface area contributed by atoms with Crippen molar-refractivity contribution in [3.8, 4) is 0 Å². The zero-order chi connectivity index (χ0) is 14.8. The maximum absolute atomic E-state index is 11.1. The van der Waals surface area contributed by atoms with Crippen LogP contribution in [0.1, 0.15) is 35.1 Å². The van der Waals surface area contributed by atoms with Crippen LogP contribution in [0.5, 0.6) is 0 Å². The van der Waals surface area contributed by atoms with E-state index in [1.165, 1.54) is 10.4 Å². The third-order valence-corrected chi connectivity index (χ3v) is 5.28. The second-order valence-corrected chi connectivity index (χ2v) is 6.48. The number of nitrogens with zero attached hydrogens (tertiary/aromatic N) is 1. The van der Waals surface area contributed by atoms with Crippen LogP contribution in [0.2, 0.25) is 0 Å². The van der Waals surface area contributed by atoms with Crippen molar-refractivity contribution in [1.29, 1.82) is 0 Å². The van der Waals surface area contributed by atoms with Crippen LogP contribution in [-0.4, -0.2) is 29.1 Å². The number of hydrogen-bond acceptors (Lipinski definition) is 4. The fourth-order valence-corrected chi connectivity index (χ4v) is 4.06. The predicted octanol–water partition coefficient (Wildman–Crippen LogP) is 3.54. The van der Waals surface area contributed by atoms with Crippen molar-refractivity contribution in [2.75, 3.05) is 13.1 Å². The summed E-state index contributed by atoms with van der Waals surface area (Å²) in [7, 11) is 0. The minimum atomic E-state index is -0.670. The first-order valence-electron chi connectivity index (χ1n) is 7.21. The number of hydrogen-bond donors (Lipinski definition) is 1. The third kappa shape index (κ3) is 2.89. The number of aryl methyl sites for hydroxylation is 1.